The highest BCUT2D eigenvalue weighted by Crippen LogP contribution is 2.22. The highest BCUT2D eigenvalue weighted by molar-refractivity contribution is 7.11. The van der Waals surface area contributed by atoms with Gasteiger partial charge in [-0.25, -0.2) is 9.78 Å². The van der Waals surface area contributed by atoms with Gasteiger partial charge in [0, 0.05) is 25.1 Å². The largest absolute Gasteiger partial charge is 0.476 e. The van der Waals surface area contributed by atoms with E-state index in [0.29, 0.717) is 25.4 Å². The number of carbonyl (C=O) groups is 2. The number of carboxylic acids is 1. The summed E-state index contributed by atoms with van der Waals surface area (Å²) in [6.07, 6.45) is 1.57. The summed E-state index contributed by atoms with van der Waals surface area (Å²) in [5.74, 6) is -1.00. The lowest BCUT2D eigenvalue weighted by Gasteiger charge is -2.14. The van der Waals surface area contributed by atoms with Gasteiger partial charge in [0.1, 0.15) is 0 Å². The number of nitrogens with zero attached hydrogens (tertiary/aromatic N) is 2. The minimum Gasteiger partial charge on any atom is -0.476 e. The normalized spacial score (nSPS) is 19.2. The smallest absolute Gasteiger partial charge is 0.355 e. The Hall–Kier alpha value is -1.47. The molecule has 0 radical (unpaired) electrons. The number of aromatic nitrogens is 1. The zero-order valence-corrected chi connectivity index (χ0v) is 10.5. The number of carboxylic acid groups (broad SMARTS) is 1. The first-order valence-corrected chi connectivity index (χ1v) is 6.58. The molecule has 2 N–H and O–H groups in total. The third-order valence-electron chi connectivity index (χ3n) is 3.02. The maximum Gasteiger partial charge on any atom is 0.355 e. The summed E-state index contributed by atoms with van der Waals surface area (Å²) >= 11 is 1.05. The van der Waals surface area contributed by atoms with Gasteiger partial charge in [0.15, 0.2) is 10.7 Å². The maximum absolute atomic E-state index is 12.1. The first kappa shape index (κ1) is 13.0. The third kappa shape index (κ3) is 2.68. The Labute approximate surface area is 108 Å². The maximum atomic E-state index is 12.1. The third-order valence-corrected chi connectivity index (χ3v) is 3.85. The Kier molecular flexibility index (Phi) is 3.93. The summed E-state index contributed by atoms with van der Waals surface area (Å²) in [4.78, 5) is 28.2. The van der Waals surface area contributed by atoms with Crippen LogP contribution in [0.15, 0.2) is 5.38 Å². The van der Waals surface area contributed by atoms with Gasteiger partial charge in [0.25, 0.3) is 5.91 Å². The predicted octanol–water partition coefficient (Wildman–Crippen LogP) is 0.686. The Morgan fingerprint density at radius 1 is 1.56 bits per heavy atom. The number of aromatic carboxylic acids is 1. The van der Waals surface area contributed by atoms with Crippen LogP contribution in [0.25, 0.3) is 0 Å². The molecule has 1 fully saturated rings. The van der Waals surface area contributed by atoms with Crippen molar-refractivity contribution in [3.63, 3.8) is 0 Å². The zero-order chi connectivity index (χ0) is 13.1. The van der Waals surface area contributed by atoms with Crippen molar-refractivity contribution in [1.29, 1.82) is 0 Å². The summed E-state index contributed by atoms with van der Waals surface area (Å²) in [6.45, 7) is 1.39. The Balaban J connectivity index is 2.01. The van der Waals surface area contributed by atoms with E-state index >= 15 is 0 Å². The lowest BCUT2D eigenvalue weighted by atomic mass is 10.1. The van der Waals surface area contributed by atoms with Gasteiger partial charge in [-0.05, 0) is 18.8 Å². The van der Waals surface area contributed by atoms with E-state index in [1.54, 1.807) is 4.90 Å². The van der Waals surface area contributed by atoms with Crippen molar-refractivity contribution in [3.05, 3.63) is 16.1 Å². The van der Waals surface area contributed by atoms with Crippen molar-refractivity contribution in [1.82, 2.24) is 9.88 Å². The summed E-state index contributed by atoms with van der Waals surface area (Å²) in [6, 6.07) is 0. The number of hydrogen-bond donors (Lipinski definition) is 2. The minimum atomic E-state index is -1.12. The summed E-state index contributed by atoms with van der Waals surface area (Å²) in [7, 11) is 0. The number of aliphatic hydroxyl groups excluding tert-OH is 1. The molecule has 0 saturated carbocycles. The van der Waals surface area contributed by atoms with Gasteiger partial charge in [-0.2, -0.15) is 0 Å². The van der Waals surface area contributed by atoms with Gasteiger partial charge in [0.05, 0.1) is 0 Å². The van der Waals surface area contributed by atoms with Crippen LogP contribution in [0, 0.1) is 5.92 Å². The fourth-order valence-electron chi connectivity index (χ4n) is 2.04. The predicted molar refractivity (Wildman–Crippen MR) is 64.8 cm³/mol. The average Bonchev–Trinajstić information content (AvgIpc) is 2.97. The SMILES string of the molecule is O=C(O)c1csc(C(=O)N2CCC(CCO)C2)n1. The first-order chi connectivity index (χ1) is 8.61. The second kappa shape index (κ2) is 5.45. The second-order valence-corrected chi connectivity index (χ2v) is 5.12. The molecule has 98 valence electrons. The average molecular weight is 270 g/mol. The molecular formula is C11H14N2O4S. The molecule has 1 aromatic rings. The van der Waals surface area contributed by atoms with Crippen molar-refractivity contribution >= 4 is 23.2 Å². The molecule has 0 aromatic carbocycles. The van der Waals surface area contributed by atoms with Crippen molar-refractivity contribution in [2.75, 3.05) is 19.7 Å². The zero-order valence-electron chi connectivity index (χ0n) is 9.70. The van der Waals surface area contributed by atoms with Crippen molar-refractivity contribution in [3.8, 4) is 0 Å². The minimum absolute atomic E-state index is 0.0885. The fraction of sp³-hybridized carbons (Fsp3) is 0.545. The number of aliphatic hydroxyl groups is 1. The molecule has 1 unspecified atom stereocenters. The number of hydrogen-bond acceptors (Lipinski definition) is 5. The van der Waals surface area contributed by atoms with Gasteiger partial charge in [-0.3, -0.25) is 4.79 Å². The van der Waals surface area contributed by atoms with Gasteiger partial charge in [0.2, 0.25) is 0 Å². The Morgan fingerprint density at radius 3 is 2.94 bits per heavy atom. The molecule has 1 amide bonds. The number of rotatable bonds is 4. The highest BCUT2D eigenvalue weighted by atomic mass is 32.1. The fourth-order valence-corrected chi connectivity index (χ4v) is 2.80. The molecule has 7 heteroatoms. The standard InChI is InChI=1S/C11H14N2O4S/c14-4-2-7-1-3-13(5-7)10(15)9-12-8(6-18-9)11(16)17/h6-7,14H,1-5H2,(H,16,17). The number of amides is 1. The number of carbonyl (C=O) groups excluding carboxylic acids is 1. The van der Waals surface area contributed by atoms with Crippen LogP contribution in [-0.4, -0.2) is 51.7 Å². The van der Waals surface area contributed by atoms with Crippen LogP contribution in [0.5, 0.6) is 0 Å². The van der Waals surface area contributed by atoms with E-state index in [1.807, 2.05) is 0 Å². The Bertz CT molecular complexity index is 460. The van der Waals surface area contributed by atoms with Crippen molar-refractivity contribution < 1.29 is 19.8 Å². The first-order valence-electron chi connectivity index (χ1n) is 5.70. The van der Waals surface area contributed by atoms with E-state index in [4.69, 9.17) is 10.2 Å². The lowest BCUT2D eigenvalue weighted by Crippen LogP contribution is -2.28. The topological polar surface area (TPSA) is 90.7 Å². The van der Waals surface area contributed by atoms with E-state index < -0.39 is 5.97 Å². The molecule has 2 heterocycles. The number of thiazole rings is 1. The molecule has 0 bridgehead atoms. The molecule has 1 aliphatic rings. The highest BCUT2D eigenvalue weighted by Gasteiger charge is 2.28. The summed E-state index contributed by atoms with van der Waals surface area (Å²) < 4.78 is 0. The van der Waals surface area contributed by atoms with Gasteiger partial charge >= 0.3 is 5.97 Å². The van der Waals surface area contributed by atoms with Crippen LogP contribution in [0.1, 0.15) is 33.1 Å². The van der Waals surface area contributed by atoms with Gasteiger partial charge < -0.3 is 15.1 Å². The monoisotopic (exact) mass is 270 g/mol. The lowest BCUT2D eigenvalue weighted by molar-refractivity contribution is 0.0691. The second-order valence-electron chi connectivity index (χ2n) is 4.26. The van der Waals surface area contributed by atoms with E-state index in [-0.39, 0.29) is 23.2 Å². The molecular weight excluding hydrogens is 256 g/mol. The van der Waals surface area contributed by atoms with Gasteiger partial charge in [-0.1, -0.05) is 0 Å². The molecule has 1 aromatic heterocycles. The Morgan fingerprint density at radius 2 is 2.33 bits per heavy atom. The van der Waals surface area contributed by atoms with Gasteiger partial charge in [-0.15, -0.1) is 11.3 Å². The van der Waals surface area contributed by atoms with Crippen LogP contribution in [-0.2, 0) is 0 Å². The van der Waals surface area contributed by atoms with E-state index in [1.165, 1.54) is 5.38 Å². The summed E-state index contributed by atoms with van der Waals surface area (Å²) in [5, 5.41) is 19.2. The van der Waals surface area contributed by atoms with E-state index in [2.05, 4.69) is 4.98 Å². The van der Waals surface area contributed by atoms with E-state index in [9.17, 15) is 9.59 Å². The van der Waals surface area contributed by atoms with Crippen LogP contribution in [0.2, 0.25) is 0 Å². The molecule has 2 rings (SSSR count). The van der Waals surface area contributed by atoms with Crippen LogP contribution in [0.4, 0.5) is 0 Å². The number of likely N-dealkylation sites (tertiary alicyclic amines) is 1. The molecule has 1 saturated heterocycles. The molecule has 0 aliphatic carbocycles. The van der Waals surface area contributed by atoms with Crippen LogP contribution < -0.4 is 0 Å². The molecule has 1 aliphatic heterocycles. The summed E-state index contributed by atoms with van der Waals surface area (Å²) in [5.41, 5.74) is -0.0885. The van der Waals surface area contributed by atoms with E-state index in [0.717, 1.165) is 17.8 Å². The van der Waals surface area contributed by atoms with Crippen LogP contribution in [0.3, 0.4) is 0 Å². The molecule has 18 heavy (non-hydrogen) atoms. The van der Waals surface area contributed by atoms with Crippen molar-refractivity contribution in [2.45, 2.75) is 12.8 Å². The quantitative estimate of drug-likeness (QED) is 0.839. The van der Waals surface area contributed by atoms with Crippen LogP contribution >= 0.6 is 11.3 Å². The molecule has 1 atom stereocenters. The molecule has 6 nitrogen and oxygen atoms in total. The molecule has 0 spiro atoms. The van der Waals surface area contributed by atoms with Crippen molar-refractivity contribution in [2.24, 2.45) is 5.92 Å².